The van der Waals surface area contributed by atoms with Crippen molar-refractivity contribution in [1.82, 2.24) is 4.98 Å². The molecule has 0 atom stereocenters. The highest BCUT2D eigenvalue weighted by atomic mass is 32.1. The van der Waals surface area contributed by atoms with Crippen LogP contribution >= 0.6 is 11.3 Å². The minimum Gasteiger partial charge on any atom is -0.462 e. The molecule has 0 fully saturated rings. The summed E-state index contributed by atoms with van der Waals surface area (Å²) in [6.07, 6.45) is 0. The Labute approximate surface area is 136 Å². The molecule has 1 heterocycles. The van der Waals surface area contributed by atoms with Crippen LogP contribution in [0.4, 0.5) is 10.8 Å². The molecular weight excluding hydrogens is 318 g/mol. The van der Waals surface area contributed by atoms with E-state index < -0.39 is 17.8 Å². The molecule has 0 bridgehead atoms. The number of hydrogen-bond donors (Lipinski definition) is 2. The lowest BCUT2D eigenvalue weighted by Crippen LogP contribution is -2.29. The van der Waals surface area contributed by atoms with Crippen molar-refractivity contribution in [3.8, 4) is 0 Å². The smallest absolute Gasteiger partial charge is 0.338 e. The second-order valence-electron chi connectivity index (χ2n) is 4.50. The van der Waals surface area contributed by atoms with Gasteiger partial charge in [-0.15, -0.1) is 11.3 Å². The number of esters is 1. The number of nitrogens with one attached hydrogen (secondary N) is 2. The first-order valence-electron chi connectivity index (χ1n) is 6.81. The van der Waals surface area contributed by atoms with Crippen LogP contribution < -0.4 is 10.6 Å². The molecule has 0 saturated heterocycles. The Bertz CT molecular complexity index is 725. The van der Waals surface area contributed by atoms with Crippen molar-refractivity contribution in [3.63, 3.8) is 0 Å². The fraction of sp³-hybridized carbons (Fsp3) is 0.200. The van der Waals surface area contributed by atoms with Crippen LogP contribution in [0.15, 0.2) is 29.6 Å². The molecule has 0 aliphatic heterocycles. The highest BCUT2D eigenvalue weighted by molar-refractivity contribution is 7.14. The summed E-state index contributed by atoms with van der Waals surface area (Å²) in [5, 5.41) is 6.98. The summed E-state index contributed by atoms with van der Waals surface area (Å²) in [7, 11) is 0. The third kappa shape index (κ3) is 4.62. The minimum absolute atomic E-state index is 0.285. The van der Waals surface area contributed by atoms with Crippen LogP contribution in [0.1, 0.15) is 23.0 Å². The van der Waals surface area contributed by atoms with Crippen molar-refractivity contribution in [2.24, 2.45) is 0 Å². The van der Waals surface area contributed by atoms with Crippen molar-refractivity contribution in [3.05, 3.63) is 40.9 Å². The Morgan fingerprint density at radius 3 is 2.35 bits per heavy atom. The number of carbonyl (C=O) groups is 3. The number of benzene rings is 1. The lowest BCUT2D eigenvalue weighted by molar-refractivity contribution is -0.132. The van der Waals surface area contributed by atoms with E-state index in [1.54, 1.807) is 19.2 Å². The van der Waals surface area contributed by atoms with Crippen LogP contribution in [0.25, 0.3) is 0 Å². The average molecular weight is 333 g/mol. The minimum atomic E-state index is -0.818. The SMILES string of the molecule is CCOC(=O)c1ccc(NC(=O)C(=O)Nc2nc(C)cs2)cc1. The van der Waals surface area contributed by atoms with Gasteiger partial charge in [0.1, 0.15) is 0 Å². The van der Waals surface area contributed by atoms with E-state index in [1.807, 2.05) is 0 Å². The third-order valence-electron chi connectivity index (χ3n) is 2.70. The molecule has 0 saturated carbocycles. The Morgan fingerprint density at radius 2 is 1.78 bits per heavy atom. The van der Waals surface area contributed by atoms with E-state index in [1.165, 1.54) is 35.6 Å². The Kier molecular flexibility index (Phi) is 5.42. The number of aromatic nitrogens is 1. The van der Waals surface area contributed by atoms with Crippen LogP contribution in [0.5, 0.6) is 0 Å². The zero-order chi connectivity index (χ0) is 16.8. The first kappa shape index (κ1) is 16.6. The van der Waals surface area contributed by atoms with Gasteiger partial charge < -0.3 is 10.1 Å². The quantitative estimate of drug-likeness (QED) is 0.660. The van der Waals surface area contributed by atoms with Gasteiger partial charge in [-0.2, -0.15) is 0 Å². The molecule has 0 aliphatic rings. The maximum atomic E-state index is 11.8. The van der Waals surface area contributed by atoms with Gasteiger partial charge in [0.25, 0.3) is 0 Å². The number of aryl methyl sites for hydroxylation is 1. The third-order valence-corrected chi connectivity index (χ3v) is 3.58. The summed E-state index contributed by atoms with van der Waals surface area (Å²) in [5.74, 6) is -2.07. The van der Waals surface area contributed by atoms with E-state index in [4.69, 9.17) is 4.74 Å². The summed E-state index contributed by atoms with van der Waals surface area (Å²) in [4.78, 5) is 39.1. The van der Waals surface area contributed by atoms with Crippen LogP contribution in [0, 0.1) is 6.92 Å². The summed E-state index contributed by atoms with van der Waals surface area (Å²) in [6, 6.07) is 6.06. The topological polar surface area (TPSA) is 97.4 Å². The summed E-state index contributed by atoms with van der Waals surface area (Å²) in [6.45, 7) is 3.79. The summed E-state index contributed by atoms with van der Waals surface area (Å²) >= 11 is 1.24. The number of thiazole rings is 1. The van der Waals surface area contributed by atoms with Crippen molar-refractivity contribution < 1.29 is 19.1 Å². The molecule has 2 amide bonds. The fourth-order valence-electron chi connectivity index (χ4n) is 1.66. The molecule has 8 heteroatoms. The maximum absolute atomic E-state index is 11.8. The molecule has 2 aromatic rings. The normalized spacial score (nSPS) is 10.0. The monoisotopic (exact) mass is 333 g/mol. The lowest BCUT2D eigenvalue weighted by Gasteiger charge is -2.06. The van der Waals surface area contributed by atoms with Gasteiger partial charge in [-0.1, -0.05) is 0 Å². The fourth-order valence-corrected chi connectivity index (χ4v) is 2.34. The van der Waals surface area contributed by atoms with Gasteiger partial charge in [0.15, 0.2) is 5.13 Å². The lowest BCUT2D eigenvalue weighted by atomic mass is 10.2. The molecule has 7 nitrogen and oxygen atoms in total. The highest BCUT2D eigenvalue weighted by Gasteiger charge is 2.15. The number of rotatable bonds is 4. The standard InChI is InChI=1S/C15H15N3O4S/c1-3-22-14(21)10-4-6-11(7-5-10)17-12(19)13(20)18-15-16-9(2)8-23-15/h4-8H,3H2,1-2H3,(H,17,19)(H,16,18,20). The molecule has 0 aliphatic carbocycles. The number of hydrogen-bond acceptors (Lipinski definition) is 6. The number of amides is 2. The first-order chi connectivity index (χ1) is 11.0. The maximum Gasteiger partial charge on any atom is 0.338 e. The predicted octanol–water partition coefficient (Wildman–Crippen LogP) is 2.21. The number of carbonyl (C=O) groups excluding carboxylic acids is 3. The molecule has 120 valence electrons. The van der Waals surface area contributed by atoms with Gasteiger partial charge in [-0.3, -0.25) is 14.9 Å². The van der Waals surface area contributed by atoms with Gasteiger partial charge in [0.05, 0.1) is 17.9 Å². The second-order valence-corrected chi connectivity index (χ2v) is 5.36. The van der Waals surface area contributed by atoms with E-state index in [-0.39, 0.29) is 6.61 Å². The zero-order valence-corrected chi connectivity index (χ0v) is 13.4. The van der Waals surface area contributed by atoms with Gasteiger partial charge in [0.2, 0.25) is 0 Å². The second kappa shape index (κ2) is 7.50. The number of nitrogens with zero attached hydrogens (tertiary/aromatic N) is 1. The van der Waals surface area contributed by atoms with E-state index in [0.29, 0.717) is 16.4 Å². The predicted molar refractivity (Wildman–Crippen MR) is 86.5 cm³/mol. The number of ether oxygens (including phenoxy) is 1. The average Bonchev–Trinajstić information content (AvgIpc) is 2.93. The van der Waals surface area contributed by atoms with Crippen LogP contribution in [-0.4, -0.2) is 29.4 Å². The van der Waals surface area contributed by atoms with Crippen LogP contribution in [0.2, 0.25) is 0 Å². The van der Waals surface area contributed by atoms with E-state index in [2.05, 4.69) is 15.6 Å². The Balaban J connectivity index is 1.94. The van der Waals surface area contributed by atoms with Gasteiger partial charge in [-0.25, -0.2) is 9.78 Å². The van der Waals surface area contributed by atoms with E-state index in [9.17, 15) is 14.4 Å². The van der Waals surface area contributed by atoms with E-state index >= 15 is 0 Å². The largest absolute Gasteiger partial charge is 0.462 e. The van der Waals surface area contributed by atoms with Crippen molar-refractivity contribution in [2.45, 2.75) is 13.8 Å². The Hall–Kier alpha value is -2.74. The van der Waals surface area contributed by atoms with Crippen LogP contribution in [0.3, 0.4) is 0 Å². The molecule has 2 rings (SSSR count). The molecule has 23 heavy (non-hydrogen) atoms. The van der Waals surface area contributed by atoms with E-state index in [0.717, 1.165) is 5.69 Å². The molecule has 1 aromatic heterocycles. The van der Waals surface area contributed by atoms with Crippen LogP contribution in [-0.2, 0) is 14.3 Å². The molecule has 0 spiro atoms. The zero-order valence-electron chi connectivity index (χ0n) is 12.6. The van der Waals surface area contributed by atoms with Crippen molar-refractivity contribution in [1.29, 1.82) is 0 Å². The molecule has 0 unspecified atom stereocenters. The molecule has 0 radical (unpaired) electrons. The van der Waals surface area contributed by atoms with Crippen molar-refractivity contribution in [2.75, 3.05) is 17.2 Å². The van der Waals surface area contributed by atoms with Crippen molar-refractivity contribution >= 4 is 39.9 Å². The summed E-state index contributed by atoms with van der Waals surface area (Å²) < 4.78 is 4.86. The first-order valence-corrected chi connectivity index (χ1v) is 7.69. The number of anilines is 2. The van der Waals surface area contributed by atoms with Gasteiger partial charge in [-0.05, 0) is 38.1 Å². The molecule has 2 N–H and O–H groups in total. The molecule has 1 aromatic carbocycles. The highest BCUT2D eigenvalue weighted by Crippen LogP contribution is 2.15. The van der Waals surface area contributed by atoms with Gasteiger partial charge in [0, 0.05) is 11.1 Å². The van der Waals surface area contributed by atoms with Gasteiger partial charge >= 0.3 is 17.8 Å². The molecular formula is C15H15N3O4S. The summed E-state index contributed by atoms with van der Waals surface area (Å²) in [5.41, 5.74) is 1.53. The Morgan fingerprint density at radius 1 is 1.13 bits per heavy atom.